The zero-order valence-electron chi connectivity index (χ0n) is 19.1. The Labute approximate surface area is 209 Å². The molecule has 0 fully saturated rings. The Morgan fingerprint density at radius 2 is 1.49 bits per heavy atom. The fraction of sp³-hybridized carbons (Fsp3) is 0.0714. The Morgan fingerprint density at radius 3 is 2.22 bits per heavy atom. The van der Waals surface area contributed by atoms with Gasteiger partial charge in [0, 0.05) is 17.8 Å². The minimum atomic E-state index is -4.90. The van der Waals surface area contributed by atoms with Crippen LogP contribution in [-0.2, 0) is 12.7 Å². The van der Waals surface area contributed by atoms with E-state index in [0.29, 0.717) is 24.0 Å². The molecule has 2 N–H and O–H groups in total. The average Bonchev–Trinajstić information content (AvgIpc) is 3.05. The number of fused-ring (bicyclic) bond motifs is 2. The van der Waals surface area contributed by atoms with Crippen molar-refractivity contribution in [3.63, 3.8) is 0 Å². The van der Waals surface area contributed by atoms with Crippen LogP contribution >= 0.6 is 0 Å². The average molecular weight is 505 g/mol. The van der Waals surface area contributed by atoms with Crippen molar-refractivity contribution in [3.8, 4) is 0 Å². The molecule has 4 aromatic carbocycles. The first-order chi connectivity index (χ1) is 17.7. The van der Waals surface area contributed by atoms with Gasteiger partial charge in [0.15, 0.2) is 0 Å². The van der Waals surface area contributed by atoms with E-state index in [2.05, 4.69) is 10.6 Å². The maximum Gasteiger partial charge on any atom is 0.417 e. The van der Waals surface area contributed by atoms with Gasteiger partial charge in [-0.05, 0) is 60.2 Å². The van der Waals surface area contributed by atoms with E-state index in [-0.39, 0.29) is 17.2 Å². The lowest BCUT2D eigenvalue weighted by atomic mass is 10.1. The number of amides is 2. The first kappa shape index (κ1) is 24.1. The number of nitrogens with zero attached hydrogens (tertiary/aromatic N) is 1. The zero-order chi connectivity index (χ0) is 26.2. The van der Waals surface area contributed by atoms with Gasteiger partial charge < -0.3 is 10.6 Å². The second-order valence-electron chi connectivity index (χ2n) is 8.33. The topological polar surface area (TPSA) is 61.4 Å². The first-order valence-corrected chi connectivity index (χ1v) is 11.3. The van der Waals surface area contributed by atoms with E-state index in [1.165, 1.54) is 24.3 Å². The number of carbonyl (C=O) groups excluding carboxylic acids is 2. The highest BCUT2D eigenvalue weighted by Crippen LogP contribution is 2.39. The molecule has 1 aliphatic rings. The van der Waals surface area contributed by atoms with Gasteiger partial charge in [0.05, 0.1) is 28.2 Å². The largest absolute Gasteiger partial charge is 0.417 e. The molecule has 1 heterocycles. The second-order valence-corrected chi connectivity index (χ2v) is 8.33. The third-order valence-electron chi connectivity index (χ3n) is 5.99. The highest BCUT2D eigenvalue weighted by molar-refractivity contribution is 6.13. The summed E-state index contributed by atoms with van der Waals surface area (Å²) in [5, 5.41) is 5.62. The maximum absolute atomic E-state index is 14.2. The lowest BCUT2D eigenvalue weighted by Crippen LogP contribution is -2.26. The van der Waals surface area contributed by atoms with Crippen molar-refractivity contribution in [1.82, 2.24) is 0 Å². The molecule has 2 amide bonds. The minimum Gasteiger partial charge on any atom is -0.379 e. The van der Waals surface area contributed by atoms with Crippen molar-refractivity contribution in [2.24, 2.45) is 0 Å². The van der Waals surface area contributed by atoms with Gasteiger partial charge in [-0.1, -0.05) is 36.4 Å². The summed E-state index contributed by atoms with van der Waals surface area (Å²) in [4.78, 5) is 27.8. The molecule has 5 nitrogen and oxygen atoms in total. The van der Waals surface area contributed by atoms with Gasteiger partial charge in [0.25, 0.3) is 11.8 Å². The SMILES string of the molecule is O=C(Nc1ccc(C(=O)N2c3ccccc3CNc3ccccc32)cc1)c1c(F)cccc1C(F)(F)F. The summed E-state index contributed by atoms with van der Waals surface area (Å²) in [6.07, 6.45) is -4.90. The molecule has 0 radical (unpaired) electrons. The van der Waals surface area contributed by atoms with Crippen LogP contribution in [0.15, 0.2) is 91.0 Å². The van der Waals surface area contributed by atoms with Crippen molar-refractivity contribution < 1.29 is 27.2 Å². The van der Waals surface area contributed by atoms with Crippen molar-refractivity contribution in [1.29, 1.82) is 0 Å². The van der Waals surface area contributed by atoms with Crippen LogP contribution in [0.2, 0.25) is 0 Å². The van der Waals surface area contributed by atoms with Gasteiger partial charge in [0.2, 0.25) is 0 Å². The highest BCUT2D eigenvalue weighted by atomic mass is 19.4. The molecule has 9 heteroatoms. The maximum atomic E-state index is 14.2. The van der Waals surface area contributed by atoms with Gasteiger partial charge >= 0.3 is 6.18 Å². The number of halogens is 4. The molecule has 0 spiro atoms. The fourth-order valence-electron chi connectivity index (χ4n) is 4.25. The summed E-state index contributed by atoms with van der Waals surface area (Å²) < 4.78 is 54.0. The van der Waals surface area contributed by atoms with Gasteiger partial charge in [-0.2, -0.15) is 13.2 Å². The van der Waals surface area contributed by atoms with Crippen LogP contribution in [0.1, 0.15) is 31.8 Å². The van der Waals surface area contributed by atoms with Crippen molar-refractivity contribution in [2.45, 2.75) is 12.7 Å². The molecule has 0 unspecified atom stereocenters. The lowest BCUT2D eigenvalue weighted by molar-refractivity contribution is -0.138. The van der Waals surface area contributed by atoms with E-state index in [9.17, 15) is 27.2 Å². The summed E-state index contributed by atoms with van der Waals surface area (Å²) in [5.41, 5.74) is 0.991. The van der Waals surface area contributed by atoms with Crippen LogP contribution in [0.5, 0.6) is 0 Å². The molecule has 0 aliphatic carbocycles. The zero-order valence-corrected chi connectivity index (χ0v) is 19.1. The smallest absolute Gasteiger partial charge is 0.379 e. The molecule has 4 aromatic rings. The predicted octanol–water partition coefficient (Wildman–Crippen LogP) is 7.00. The number of hydrogen-bond acceptors (Lipinski definition) is 3. The Balaban J connectivity index is 1.44. The van der Waals surface area contributed by atoms with Crippen molar-refractivity contribution in [3.05, 3.63) is 119 Å². The molecule has 1 aliphatic heterocycles. The first-order valence-electron chi connectivity index (χ1n) is 11.3. The molecule has 0 saturated carbocycles. The van der Waals surface area contributed by atoms with Crippen molar-refractivity contribution >= 4 is 34.6 Å². The van der Waals surface area contributed by atoms with Crippen LogP contribution in [0.25, 0.3) is 0 Å². The Kier molecular flexibility index (Phi) is 6.12. The normalized spacial score (nSPS) is 12.6. The molecule has 0 saturated heterocycles. The number of rotatable bonds is 3. The number of nitrogens with one attached hydrogen (secondary N) is 2. The van der Waals surface area contributed by atoms with E-state index in [1.807, 2.05) is 48.5 Å². The molecule has 5 rings (SSSR count). The molecular weight excluding hydrogens is 486 g/mol. The number of anilines is 4. The predicted molar refractivity (Wildman–Crippen MR) is 132 cm³/mol. The van der Waals surface area contributed by atoms with Gasteiger partial charge in [-0.3, -0.25) is 14.5 Å². The number of para-hydroxylation sites is 3. The monoisotopic (exact) mass is 505 g/mol. The number of hydrogen-bond donors (Lipinski definition) is 2. The Hall–Kier alpha value is -4.66. The lowest BCUT2D eigenvalue weighted by Gasteiger charge is -2.24. The standard InChI is InChI=1S/C28H19F4N3O2/c29-21-8-5-7-20(28(30,31)32)25(21)26(36)34-19-14-12-17(13-15-19)27(37)35-23-10-3-1-6-18(23)16-33-22-9-2-4-11-24(22)35/h1-15,33H,16H2,(H,34,36). The number of alkyl halides is 3. The van der Waals surface area contributed by atoms with Crippen LogP contribution in [-0.4, -0.2) is 11.8 Å². The van der Waals surface area contributed by atoms with E-state index in [0.717, 1.165) is 23.4 Å². The van der Waals surface area contributed by atoms with E-state index < -0.39 is 29.0 Å². The molecule has 0 bridgehead atoms. The van der Waals surface area contributed by atoms with E-state index >= 15 is 0 Å². The number of benzene rings is 4. The van der Waals surface area contributed by atoms with Gasteiger partial charge in [0.1, 0.15) is 5.82 Å². The van der Waals surface area contributed by atoms with E-state index in [1.54, 1.807) is 4.90 Å². The second kappa shape index (κ2) is 9.42. The Bertz CT molecular complexity index is 1450. The molecule has 37 heavy (non-hydrogen) atoms. The number of carbonyl (C=O) groups is 2. The van der Waals surface area contributed by atoms with Gasteiger partial charge in [-0.15, -0.1) is 0 Å². The third-order valence-corrected chi connectivity index (χ3v) is 5.99. The van der Waals surface area contributed by atoms with Crippen LogP contribution in [0.4, 0.5) is 40.3 Å². The summed E-state index contributed by atoms with van der Waals surface area (Å²) in [6, 6.07) is 22.9. The minimum absolute atomic E-state index is 0.108. The summed E-state index contributed by atoms with van der Waals surface area (Å²) in [6.45, 7) is 0.526. The summed E-state index contributed by atoms with van der Waals surface area (Å²) in [7, 11) is 0. The third kappa shape index (κ3) is 4.63. The summed E-state index contributed by atoms with van der Waals surface area (Å²) in [5.74, 6) is -2.87. The molecule has 0 aromatic heterocycles. The molecule has 186 valence electrons. The molecule has 0 atom stereocenters. The highest BCUT2D eigenvalue weighted by Gasteiger charge is 2.37. The van der Waals surface area contributed by atoms with Crippen LogP contribution in [0, 0.1) is 5.82 Å². The van der Waals surface area contributed by atoms with Crippen molar-refractivity contribution in [2.75, 3.05) is 15.5 Å². The van der Waals surface area contributed by atoms with E-state index in [4.69, 9.17) is 0 Å². The molecular formula is C28H19F4N3O2. The quantitative estimate of drug-likeness (QED) is 0.295. The Morgan fingerprint density at radius 1 is 0.811 bits per heavy atom. The van der Waals surface area contributed by atoms with Crippen LogP contribution in [0.3, 0.4) is 0 Å². The van der Waals surface area contributed by atoms with Gasteiger partial charge in [-0.25, -0.2) is 4.39 Å². The van der Waals surface area contributed by atoms with Crippen LogP contribution < -0.4 is 15.5 Å². The summed E-state index contributed by atoms with van der Waals surface area (Å²) >= 11 is 0. The fourth-order valence-corrected chi connectivity index (χ4v) is 4.25.